The molecule has 1 saturated heterocycles. The number of esters is 2. The van der Waals surface area contributed by atoms with Crippen molar-refractivity contribution in [2.75, 3.05) is 0 Å². The molecule has 1 aliphatic heterocycles. The Kier molecular flexibility index (Phi) is 16.7. The Balaban J connectivity index is 2.53. The SMILES string of the molecule is CCCCCCCCCC[C@@H]1C(=O)O[C@H]1C[C@H](CCCCCCC)OC(=O)[C@@H](NC=O)C(C)C. The van der Waals surface area contributed by atoms with Crippen LogP contribution in [0.5, 0.6) is 0 Å². The Morgan fingerprint density at radius 1 is 0.941 bits per heavy atom. The minimum absolute atomic E-state index is 0.0563. The third-order valence-corrected chi connectivity index (χ3v) is 6.96. The van der Waals surface area contributed by atoms with Gasteiger partial charge in [0.25, 0.3) is 0 Å². The van der Waals surface area contributed by atoms with E-state index >= 15 is 0 Å². The molecule has 0 aromatic rings. The molecule has 4 atom stereocenters. The highest BCUT2D eigenvalue weighted by Crippen LogP contribution is 2.33. The number of nitrogens with one attached hydrogen (secondary N) is 1. The van der Waals surface area contributed by atoms with Crippen LogP contribution in [-0.4, -0.2) is 36.6 Å². The molecule has 0 aromatic heterocycles. The minimum atomic E-state index is -0.655. The average Bonchev–Trinajstić information content (AvgIpc) is 2.80. The highest BCUT2D eigenvalue weighted by Gasteiger charge is 2.43. The lowest BCUT2D eigenvalue weighted by atomic mass is 9.86. The first kappa shape index (κ1) is 30.4. The van der Waals surface area contributed by atoms with Crippen molar-refractivity contribution in [3.8, 4) is 0 Å². The second kappa shape index (κ2) is 18.7. The summed E-state index contributed by atoms with van der Waals surface area (Å²) in [6, 6.07) is -0.655. The maximum atomic E-state index is 12.7. The number of hydrogen-bond donors (Lipinski definition) is 1. The van der Waals surface area contributed by atoms with Crippen molar-refractivity contribution in [3.63, 3.8) is 0 Å². The highest BCUT2D eigenvalue weighted by atomic mass is 16.6. The summed E-state index contributed by atoms with van der Waals surface area (Å²) in [6.45, 7) is 8.19. The van der Waals surface area contributed by atoms with Gasteiger partial charge in [0, 0.05) is 6.42 Å². The van der Waals surface area contributed by atoms with Gasteiger partial charge in [0.1, 0.15) is 18.2 Å². The molecule has 0 saturated carbocycles. The normalized spacial score (nSPS) is 19.3. The lowest BCUT2D eigenvalue weighted by Gasteiger charge is -2.37. The molecule has 0 aromatic carbocycles. The Morgan fingerprint density at radius 3 is 2.03 bits per heavy atom. The van der Waals surface area contributed by atoms with Crippen molar-refractivity contribution < 1.29 is 23.9 Å². The van der Waals surface area contributed by atoms with E-state index in [-0.39, 0.29) is 30.0 Å². The van der Waals surface area contributed by atoms with Gasteiger partial charge in [-0.25, -0.2) is 4.79 Å². The number of carbonyl (C=O) groups is 3. The third-order valence-electron chi connectivity index (χ3n) is 6.96. The first-order valence-electron chi connectivity index (χ1n) is 14.0. The van der Waals surface area contributed by atoms with Crippen molar-refractivity contribution in [1.82, 2.24) is 5.32 Å². The molecule has 1 aliphatic rings. The Bertz CT molecular complexity index is 565. The number of rotatable bonds is 22. The lowest BCUT2D eigenvalue weighted by molar-refractivity contribution is -0.190. The fourth-order valence-corrected chi connectivity index (χ4v) is 4.72. The van der Waals surface area contributed by atoms with Crippen LogP contribution in [0, 0.1) is 11.8 Å². The molecular formula is C28H51NO5. The van der Waals surface area contributed by atoms with Crippen LogP contribution in [0.2, 0.25) is 0 Å². The number of cyclic esters (lactones) is 1. The van der Waals surface area contributed by atoms with Gasteiger partial charge in [0.15, 0.2) is 0 Å². The molecule has 0 radical (unpaired) electrons. The van der Waals surface area contributed by atoms with Gasteiger partial charge < -0.3 is 14.8 Å². The predicted octanol–water partition coefficient (Wildman–Crippen LogP) is 6.49. The molecule has 1 rings (SSSR count). The lowest BCUT2D eigenvalue weighted by Crippen LogP contribution is -2.48. The number of ether oxygens (including phenoxy) is 2. The molecular weight excluding hydrogens is 430 g/mol. The Labute approximate surface area is 208 Å². The molecule has 1 fully saturated rings. The van der Waals surface area contributed by atoms with Crippen LogP contribution in [0.25, 0.3) is 0 Å². The molecule has 0 spiro atoms. The van der Waals surface area contributed by atoms with Gasteiger partial charge in [-0.15, -0.1) is 0 Å². The van der Waals surface area contributed by atoms with Gasteiger partial charge >= 0.3 is 11.9 Å². The number of unbranched alkanes of at least 4 members (excludes halogenated alkanes) is 11. The van der Waals surface area contributed by atoms with Crippen LogP contribution in [0.15, 0.2) is 0 Å². The summed E-state index contributed by atoms with van der Waals surface area (Å²) >= 11 is 0. The summed E-state index contributed by atoms with van der Waals surface area (Å²) < 4.78 is 11.3. The van der Waals surface area contributed by atoms with Gasteiger partial charge in [-0.2, -0.15) is 0 Å². The van der Waals surface area contributed by atoms with Crippen molar-refractivity contribution in [2.24, 2.45) is 11.8 Å². The molecule has 198 valence electrons. The van der Waals surface area contributed by atoms with Crippen molar-refractivity contribution in [1.29, 1.82) is 0 Å². The second-order valence-electron chi connectivity index (χ2n) is 10.3. The Morgan fingerprint density at radius 2 is 1.50 bits per heavy atom. The van der Waals surface area contributed by atoms with Gasteiger partial charge in [-0.3, -0.25) is 9.59 Å². The zero-order valence-electron chi connectivity index (χ0n) is 22.3. The largest absolute Gasteiger partial charge is 0.461 e. The fourth-order valence-electron chi connectivity index (χ4n) is 4.72. The maximum Gasteiger partial charge on any atom is 0.329 e. The van der Waals surface area contributed by atoms with E-state index in [9.17, 15) is 14.4 Å². The summed E-state index contributed by atoms with van der Waals surface area (Å²) in [5, 5.41) is 2.58. The van der Waals surface area contributed by atoms with E-state index in [4.69, 9.17) is 9.47 Å². The number of carbonyl (C=O) groups excluding carboxylic acids is 3. The summed E-state index contributed by atoms with van der Waals surface area (Å²) in [5.74, 6) is -0.635. The molecule has 6 nitrogen and oxygen atoms in total. The number of amides is 1. The first-order valence-corrected chi connectivity index (χ1v) is 14.0. The van der Waals surface area contributed by atoms with Gasteiger partial charge in [0.2, 0.25) is 6.41 Å². The van der Waals surface area contributed by atoms with E-state index in [0.717, 1.165) is 38.5 Å². The van der Waals surface area contributed by atoms with Crippen LogP contribution in [0.3, 0.4) is 0 Å². The van der Waals surface area contributed by atoms with Crippen molar-refractivity contribution >= 4 is 18.3 Å². The molecule has 1 amide bonds. The average molecular weight is 482 g/mol. The van der Waals surface area contributed by atoms with Crippen LogP contribution < -0.4 is 5.32 Å². The molecule has 34 heavy (non-hydrogen) atoms. The van der Waals surface area contributed by atoms with Gasteiger partial charge in [-0.1, -0.05) is 105 Å². The molecule has 1 heterocycles. The standard InChI is InChI=1S/C28H51NO5/c1-5-7-9-11-12-13-15-17-19-24-25(34-27(24)31)20-23(18-16-14-10-8-6-2)33-28(32)26(22(3)4)29-21-30/h21-26H,5-20H2,1-4H3,(H,29,30)/t23-,24-,25-,26-/m0/s1. The van der Waals surface area contributed by atoms with Gasteiger partial charge in [0.05, 0.1) is 5.92 Å². The maximum absolute atomic E-state index is 12.7. The van der Waals surface area contributed by atoms with Crippen molar-refractivity contribution in [3.05, 3.63) is 0 Å². The smallest absolute Gasteiger partial charge is 0.329 e. The van der Waals surface area contributed by atoms with E-state index in [2.05, 4.69) is 19.2 Å². The fraction of sp³-hybridized carbons (Fsp3) is 0.893. The van der Waals surface area contributed by atoms with Crippen LogP contribution >= 0.6 is 0 Å². The molecule has 0 aliphatic carbocycles. The minimum Gasteiger partial charge on any atom is -0.461 e. The van der Waals surface area contributed by atoms with E-state index in [1.807, 2.05) is 13.8 Å². The topological polar surface area (TPSA) is 81.7 Å². The summed E-state index contributed by atoms with van der Waals surface area (Å²) in [4.78, 5) is 35.8. The Hall–Kier alpha value is -1.59. The number of hydrogen-bond acceptors (Lipinski definition) is 5. The molecule has 0 unspecified atom stereocenters. The molecule has 6 heteroatoms. The van der Waals surface area contributed by atoms with Crippen LogP contribution in [0.4, 0.5) is 0 Å². The van der Waals surface area contributed by atoms with Gasteiger partial charge in [-0.05, 0) is 25.2 Å². The zero-order valence-corrected chi connectivity index (χ0v) is 22.3. The predicted molar refractivity (Wildman–Crippen MR) is 136 cm³/mol. The van der Waals surface area contributed by atoms with E-state index in [0.29, 0.717) is 12.8 Å². The molecule has 1 N–H and O–H groups in total. The third kappa shape index (κ3) is 12.2. The second-order valence-corrected chi connectivity index (χ2v) is 10.3. The summed E-state index contributed by atoms with van der Waals surface area (Å²) in [6.07, 6.45) is 17.9. The van der Waals surface area contributed by atoms with E-state index in [1.165, 1.54) is 57.8 Å². The van der Waals surface area contributed by atoms with Crippen LogP contribution in [-0.2, 0) is 23.9 Å². The van der Waals surface area contributed by atoms with E-state index < -0.39 is 12.0 Å². The van der Waals surface area contributed by atoms with Crippen molar-refractivity contribution in [2.45, 2.75) is 149 Å². The quantitative estimate of drug-likeness (QED) is 0.109. The van der Waals surface area contributed by atoms with Crippen LogP contribution in [0.1, 0.15) is 130 Å². The monoisotopic (exact) mass is 481 g/mol. The summed E-state index contributed by atoms with van der Waals surface area (Å²) in [7, 11) is 0. The zero-order chi connectivity index (χ0) is 25.2. The molecule has 0 bridgehead atoms. The first-order chi connectivity index (χ1) is 16.4. The highest BCUT2D eigenvalue weighted by molar-refractivity contribution is 5.79. The summed E-state index contributed by atoms with van der Waals surface area (Å²) in [5.41, 5.74) is 0. The van der Waals surface area contributed by atoms with E-state index in [1.54, 1.807) is 0 Å².